The molecule has 2 atom stereocenters. The summed E-state index contributed by atoms with van der Waals surface area (Å²) in [6.07, 6.45) is 10.2. The summed E-state index contributed by atoms with van der Waals surface area (Å²) in [4.78, 5) is 7.11. The summed E-state index contributed by atoms with van der Waals surface area (Å²) >= 11 is 5.93. The number of piperidine rings is 1. The van der Waals surface area contributed by atoms with Gasteiger partial charge in [-0.2, -0.15) is 0 Å². The standard InChI is InChI=1S/C15H21ClN2/c16-11-12-7-8-17-15(10-12)18-9-3-5-13-4-1-2-6-14(13)18/h7-8,10,13-14H,1-6,9,11H2/t13-,14-/m1/s1. The van der Waals surface area contributed by atoms with E-state index in [0.717, 1.165) is 17.8 Å². The molecule has 2 fully saturated rings. The maximum atomic E-state index is 5.93. The SMILES string of the molecule is ClCc1ccnc(N2CCC[C@H]3CCCC[C@H]32)c1. The quantitative estimate of drug-likeness (QED) is 0.751. The van der Waals surface area contributed by atoms with Crippen LogP contribution in [-0.2, 0) is 5.88 Å². The maximum Gasteiger partial charge on any atom is 0.129 e. The molecule has 0 amide bonds. The number of hydrogen-bond donors (Lipinski definition) is 0. The summed E-state index contributed by atoms with van der Waals surface area (Å²) in [5.74, 6) is 2.62. The third-order valence-electron chi connectivity index (χ3n) is 4.50. The second kappa shape index (κ2) is 5.48. The first-order chi connectivity index (χ1) is 8.88. The molecule has 0 bridgehead atoms. The van der Waals surface area contributed by atoms with Gasteiger partial charge in [0.05, 0.1) is 0 Å². The zero-order chi connectivity index (χ0) is 12.4. The molecule has 1 aromatic heterocycles. The number of nitrogens with zero attached hydrogens (tertiary/aromatic N) is 2. The average Bonchev–Trinajstić information content (AvgIpc) is 2.47. The molecule has 0 aromatic carbocycles. The molecule has 98 valence electrons. The van der Waals surface area contributed by atoms with Gasteiger partial charge in [0.2, 0.25) is 0 Å². The molecule has 1 aliphatic heterocycles. The fourth-order valence-corrected chi connectivity index (χ4v) is 3.78. The molecule has 0 spiro atoms. The van der Waals surface area contributed by atoms with Gasteiger partial charge in [0, 0.05) is 24.7 Å². The maximum absolute atomic E-state index is 5.93. The van der Waals surface area contributed by atoms with Crippen LogP contribution >= 0.6 is 11.6 Å². The van der Waals surface area contributed by atoms with Crippen molar-refractivity contribution in [2.75, 3.05) is 11.4 Å². The molecular formula is C15H21ClN2. The summed E-state index contributed by atoms with van der Waals surface area (Å²) in [6.45, 7) is 1.17. The highest BCUT2D eigenvalue weighted by Gasteiger charge is 2.33. The molecule has 3 rings (SSSR count). The van der Waals surface area contributed by atoms with E-state index < -0.39 is 0 Å². The average molecular weight is 265 g/mol. The highest BCUT2D eigenvalue weighted by atomic mass is 35.5. The summed E-state index contributed by atoms with van der Waals surface area (Å²) in [5, 5.41) is 0. The first-order valence-corrected chi connectivity index (χ1v) is 7.69. The Hall–Kier alpha value is -0.760. The van der Waals surface area contributed by atoms with Gasteiger partial charge in [0.1, 0.15) is 5.82 Å². The minimum Gasteiger partial charge on any atom is -0.353 e. The van der Waals surface area contributed by atoms with Crippen LogP contribution in [0.1, 0.15) is 44.1 Å². The Morgan fingerprint density at radius 2 is 2.06 bits per heavy atom. The summed E-state index contributed by atoms with van der Waals surface area (Å²) < 4.78 is 0. The Labute approximate surface area is 114 Å². The summed E-state index contributed by atoms with van der Waals surface area (Å²) in [7, 11) is 0. The van der Waals surface area contributed by atoms with Crippen LogP contribution in [0.3, 0.4) is 0 Å². The van der Waals surface area contributed by atoms with Gasteiger partial charge in [0.15, 0.2) is 0 Å². The van der Waals surface area contributed by atoms with Crippen molar-refractivity contribution in [2.45, 2.75) is 50.4 Å². The van der Waals surface area contributed by atoms with Crippen LogP contribution in [0.4, 0.5) is 5.82 Å². The Morgan fingerprint density at radius 1 is 1.22 bits per heavy atom. The molecule has 18 heavy (non-hydrogen) atoms. The van der Waals surface area contributed by atoms with E-state index in [1.807, 2.05) is 12.3 Å². The van der Waals surface area contributed by atoms with Crippen molar-refractivity contribution in [3.05, 3.63) is 23.9 Å². The van der Waals surface area contributed by atoms with Crippen LogP contribution in [0, 0.1) is 5.92 Å². The Kier molecular flexibility index (Phi) is 3.74. The van der Waals surface area contributed by atoms with Crippen molar-refractivity contribution in [3.63, 3.8) is 0 Å². The summed E-state index contributed by atoms with van der Waals surface area (Å²) in [6, 6.07) is 4.91. The van der Waals surface area contributed by atoms with Crippen LogP contribution in [0.2, 0.25) is 0 Å². The number of fused-ring (bicyclic) bond motifs is 1. The minimum atomic E-state index is 0.581. The number of anilines is 1. The Balaban J connectivity index is 1.84. The lowest BCUT2D eigenvalue weighted by molar-refractivity contribution is 0.242. The first kappa shape index (κ1) is 12.3. The monoisotopic (exact) mass is 264 g/mol. The normalized spacial score (nSPS) is 27.9. The highest BCUT2D eigenvalue weighted by Crippen LogP contribution is 2.37. The molecule has 0 radical (unpaired) electrons. The van der Waals surface area contributed by atoms with Crippen LogP contribution in [-0.4, -0.2) is 17.6 Å². The lowest BCUT2D eigenvalue weighted by Gasteiger charge is -2.44. The molecule has 1 saturated heterocycles. The number of halogens is 1. The van der Waals surface area contributed by atoms with Gasteiger partial charge in [-0.1, -0.05) is 12.8 Å². The van der Waals surface area contributed by atoms with E-state index in [4.69, 9.17) is 11.6 Å². The molecule has 2 nitrogen and oxygen atoms in total. The number of rotatable bonds is 2. The first-order valence-electron chi connectivity index (χ1n) is 7.16. The van der Waals surface area contributed by atoms with Crippen molar-refractivity contribution < 1.29 is 0 Å². The van der Waals surface area contributed by atoms with Gasteiger partial charge in [0.25, 0.3) is 0 Å². The summed E-state index contributed by atoms with van der Waals surface area (Å²) in [5.41, 5.74) is 1.18. The molecular weight excluding hydrogens is 244 g/mol. The minimum absolute atomic E-state index is 0.581. The molecule has 0 N–H and O–H groups in total. The fraction of sp³-hybridized carbons (Fsp3) is 0.667. The Morgan fingerprint density at radius 3 is 2.94 bits per heavy atom. The van der Waals surface area contributed by atoms with Crippen LogP contribution < -0.4 is 4.90 Å². The van der Waals surface area contributed by atoms with E-state index in [2.05, 4.69) is 16.0 Å². The van der Waals surface area contributed by atoms with Crippen LogP contribution in [0.15, 0.2) is 18.3 Å². The van der Waals surface area contributed by atoms with Gasteiger partial charge in [-0.3, -0.25) is 0 Å². The Bertz CT molecular complexity index is 405. The third kappa shape index (κ3) is 2.35. The molecule has 3 heteroatoms. The van der Waals surface area contributed by atoms with Crippen molar-refractivity contribution in [2.24, 2.45) is 5.92 Å². The van der Waals surface area contributed by atoms with Gasteiger partial charge in [-0.25, -0.2) is 4.98 Å². The van der Waals surface area contributed by atoms with Gasteiger partial charge >= 0.3 is 0 Å². The number of alkyl halides is 1. The van der Waals surface area contributed by atoms with E-state index in [9.17, 15) is 0 Å². The van der Waals surface area contributed by atoms with Crippen molar-refractivity contribution >= 4 is 17.4 Å². The predicted octanol–water partition coefficient (Wildman–Crippen LogP) is 3.98. The predicted molar refractivity (Wildman–Crippen MR) is 76.1 cm³/mol. The lowest BCUT2D eigenvalue weighted by atomic mass is 9.78. The topological polar surface area (TPSA) is 16.1 Å². The van der Waals surface area contributed by atoms with Crippen molar-refractivity contribution in [1.82, 2.24) is 4.98 Å². The van der Waals surface area contributed by atoms with Crippen molar-refractivity contribution in [1.29, 1.82) is 0 Å². The molecule has 2 aliphatic rings. The molecule has 1 saturated carbocycles. The largest absolute Gasteiger partial charge is 0.353 e. The van der Waals surface area contributed by atoms with Crippen molar-refractivity contribution in [3.8, 4) is 0 Å². The lowest BCUT2D eigenvalue weighted by Crippen LogP contribution is -2.47. The van der Waals surface area contributed by atoms with Gasteiger partial charge in [-0.15, -0.1) is 11.6 Å². The molecule has 0 unspecified atom stereocenters. The zero-order valence-corrected chi connectivity index (χ0v) is 11.6. The van der Waals surface area contributed by atoms with E-state index in [1.165, 1.54) is 50.6 Å². The molecule has 1 aromatic rings. The number of aromatic nitrogens is 1. The third-order valence-corrected chi connectivity index (χ3v) is 4.81. The van der Waals surface area contributed by atoms with Gasteiger partial charge in [-0.05, 0) is 49.3 Å². The van der Waals surface area contributed by atoms with Gasteiger partial charge < -0.3 is 4.90 Å². The van der Waals surface area contributed by atoms with E-state index in [-0.39, 0.29) is 0 Å². The zero-order valence-electron chi connectivity index (χ0n) is 10.8. The number of hydrogen-bond acceptors (Lipinski definition) is 2. The highest BCUT2D eigenvalue weighted by molar-refractivity contribution is 6.17. The fourth-order valence-electron chi connectivity index (χ4n) is 3.61. The van der Waals surface area contributed by atoms with E-state index in [1.54, 1.807) is 0 Å². The molecule has 1 aliphatic carbocycles. The van der Waals surface area contributed by atoms with Crippen LogP contribution in [0.25, 0.3) is 0 Å². The smallest absolute Gasteiger partial charge is 0.129 e. The van der Waals surface area contributed by atoms with E-state index >= 15 is 0 Å². The second-order valence-corrected chi connectivity index (χ2v) is 5.87. The number of pyridine rings is 1. The van der Waals surface area contributed by atoms with Crippen LogP contribution in [0.5, 0.6) is 0 Å². The second-order valence-electron chi connectivity index (χ2n) is 5.60. The van der Waals surface area contributed by atoms with E-state index in [0.29, 0.717) is 5.88 Å². The molecule has 2 heterocycles.